The van der Waals surface area contributed by atoms with Crippen LogP contribution < -0.4 is 4.31 Å². The van der Waals surface area contributed by atoms with Crippen molar-refractivity contribution in [2.75, 3.05) is 10.6 Å². The highest BCUT2D eigenvalue weighted by Gasteiger charge is 2.21. The Hall–Kier alpha value is -1.81. The van der Waals surface area contributed by atoms with Crippen LogP contribution in [-0.2, 0) is 10.0 Å². The molecule has 0 aliphatic rings. The third-order valence-electron chi connectivity index (χ3n) is 3.64. The Morgan fingerprint density at radius 2 is 1.43 bits per heavy atom. The lowest BCUT2D eigenvalue weighted by molar-refractivity contribution is 0.602. The first-order valence-corrected chi connectivity index (χ1v) is 8.70. The van der Waals surface area contributed by atoms with E-state index in [1.54, 1.807) is 0 Å². The van der Waals surface area contributed by atoms with E-state index in [9.17, 15) is 8.42 Å². The Labute approximate surface area is 127 Å². The van der Waals surface area contributed by atoms with Crippen molar-refractivity contribution >= 4 is 21.4 Å². The quantitative estimate of drug-likeness (QED) is 0.859. The molecule has 0 radical (unpaired) electrons. The molecule has 0 aliphatic carbocycles. The van der Waals surface area contributed by atoms with Crippen molar-refractivity contribution in [1.82, 2.24) is 0 Å². The predicted molar refractivity (Wildman–Crippen MR) is 88.8 cm³/mol. The molecule has 0 aliphatic heterocycles. The molecular formula is C17H21NO2S. The average molecular weight is 303 g/mol. The number of sulfonamides is 1. The molecule has 2 rings (SSSR count). The summed E-state index contributed by atoms with van der Waals surface area (Å²) < 4.78 is 26.1. The fraction of sp³-hybridized carbons (Fsp3) is 0.294. The second-order valence-corrected chi connectivity index (χ2v) is 7.42. The van der Waals surface area contributed by atoms with Gasteiger partial charge in [-0.25, -0.2) is 12.7 Å². The first-order valence-electron chi connectivity index (χ1n) is 6.85. The van der Waals surface area contributed by atoms with Crippen molar-refractivity contribution < 1.29 is 8.42 Å². The molecule has 0 amide bonds. The van der Waals surface area contributed by atoms with E-state index in [0.29, 0.717) is 11.4 Å². The average Bonchev–Trinajstić information content (AvgIpc) is 2.36. The van der Waals surface area contributed by atoms with Crippen molar-refractivity contribution in [3.05, 3.63) is 58.7 Å². The lowest BCUT2D eigenvalue weighted by atomic mass is 10.1. The van der Waals surface area contributed by atoms with Gasteiger partial charge in [0.2, 0.25) is 10.0 Å². The zero-order chi connectivity index (χ0) is 15.8. The van der Waals surface area contributed by atoms with Crippen LogP contribution in [0.15, 0.2) is 36.4 Å². The Morgan fingerprint density at radius 1 is 0.810 bits per heavy atom. The zero-order valence-corrected chi connectivity index (χ0v) is 14.0. The van der Waals surface area contributed by atoms with Gasteiger partial charge >= 0.3 is 0 Å². The van der Waals surface area contributed by atoms with Gasteiger partial charge in [-0.15, -0.1) is 0 Å². The van der Waals surface area contributed by atoms with E-state index in [2.05, 4.69) is 0 Å². The molecule has 4 heteroatoms. The van der Waals surface area contributed by atoms with Gasteiger partial charge in [-0.05, 0) is 68.1 Å². The highest BCUT2D eigenvalue weighted by atomic mass is 32.2. The molecule has 2 aromatic carbocycles. The fourth-order valence-electron chi connectivity index (χ4n) is 2.30. The number of hydrogen-bond donors (Lipinski definition) is 0. The summed E-state index contributed by atoms with van der Waals surface area (Å²) in [4.78, 5) is 0. The number of nitrogens with zero attached hydrogens (tertiary/aromatic N) is 1. The van der Waals surface area contributed by atoms with Crippen molar-refractivity contribution in [2.45, 2.75) is 27.7 Å². The van der Waals surface area contributed by atoms with Crippen LogP contribution in [-0.4, -0.2) is 14.7 Å². The van der Waals surface area contributed by atoms with E-state index < -0.39 is 10.0 Å². The summed E-state index contributed by atoms with van der Waals surface area (Å²) in [6.45, 7) is 7.89. The second kappa shape index (κ2) is 5.53. The first kappa shape index (κ1) is 15.6. The van der Waals surface area contributed by atoms with Crippen molar-refractivity contribution in [3.63, 3.8) is 0 Å². The Morgan fingerprint density at radius 3 is 2.00 bits per heavy atom. The first-order chi connectivity index (χ1) is 9.70. The number of hydrogen-bond acceptors (Lipinski definition) is 2. The van der Waals surface area contributed by atoms with Gasteiger partial charge in [0.05, 0.1) is 17.6 Å². The summed E-state index contributed by atoms with van der Waals surface area (Å²) in [6.07, 6.45) is 1.24. The number of benzene rings is 2. The Bertz CT molecular complexity index is 779. The highest BCUT2D eigenvalue weighted by Crippen LogP contribution is 2.32. The Balaban J connectivity index is 2.70. The van der Waals surface area contributed by atoms with Gasteiger partial charge in [0.15, 0.2) is 0 Å². The molecule has 0 atom stereocenters. The molecule has 0 bridgehead atoms. The predicted octanol–water partition coefficient (Wildman–Crippen LogP) is 4.02. The minimum atomic E-state index is -3.41. The lowest BCUT2D eigenvalue weighted by Crippen LogP contribution is -2.25. The van der Waals surface area contributed by atoms with Crippen molar-refractivity contribution in [2.24, 2.45) is 0 Å². The largest absolute Gasteiger partial charge is 0.238 e. The molecule has 0 saturated heterocycles. The molecule has 21 heavy (non-hydrogen) atoms. The van der Waals surface area contributed by atoms with Gasteiger partial charge in [-0.1, -0.05) is 18.2 Å². The molecule has 0 heterocycles. The van der Waals surface area contributed by atoms with E-state index in [-0.39, 0.29) is 0 Å². The monoisotopic (exact) mass is 303 g/mol. The van der Waals surface area contributed by atoms with E-state index in [4.69, 9.17) is 0 Å². The van der Waals surface area contributed by atoms with Crippen LogP contribution in [0.25, 0.3) is 0 Å². The van der Waals surface area contributed by atoms with Crippen LogP contribution in [0.2, 0.25) is 0 Å². The molecule has 0 spiro atoms. The van der Waals surface area contributed by atoms with Gasteiger partial charge in [0.1, 0.15) is 0 Å². The SMILES string of the molecule is Cc1ccc(C)c(N(c2ccc(C)c(C)c2)S(C)(=O)=O)c1. The van der Waals surface area contributed by atoms with Crippen LogP contribution >= 0.6 is 0 Å². The Kier molecular flexibility index (Phi) is 4.10. The van der Waals surface area contributed by atoms with E-state index >= 15 is 0 Å². The smallest absolute Gasteiger partial charge is 0.236 e. The summed E-state index contributed by atoms with van der Waals surface area (Å²) in [6, 6.07) is 11.6. The van der Waals surface area contributed by atoms with Crippen molar-refractivity contribution in [3.8, 4) is 0 Å². The molecule has 0 N–H and O–H groups in total. The fourth-order valence-corrected chi connectivity index (χ4v) is 3.35. The molecule has 0 fully saturated rings. The maximum absolute atomic E-state index is 12.3. The molecule has 3 nitrogen and oxygen atoms in total. The molecule has 0 unspecified atom stereocenters. The zero-order valence-electron chi connectivity index (χ0n) is 13.1. The summed E-state index contributed by atoms with van der Waals surface area (Å²) >= 11 is 0. The van der Waals surface area contributed by atoms with E-state index in [0.717, 1.165) is 22.3 Å². The van der Waals surface area contributed by atoms with Gasteiger partial charge in [-0.2, -0.15) is 0 Å². The molecule has 112 valence electrons. The topological polar surface area (TPSA) is 37.4 Å². The van der Waals surface area contributed by atoms with Gasteiger partial charge in [0, 0.05) is 0 Å². The van der Waals surface area contributed by atoms with E-state index in [1.165, 1.54) is 10.6 Å². The summed E-state index contributed by atoms with van der Waals surface area (Å²) in [7, 11) is -3.41. The number of aryl methyl sites for hydroxylation is 4. The van der Waals surface area contributed by atoms with E-state index in [1.807, 2.05) is 64.1 Å². The molecule has 2 aromatic rings. The molecule has 0 aromatic heterocycles. The normalized spacial score (nSPS) is 11.5. The molecular weight excluding hydrogens is 282 g/mol. The summed E-state index contributed by atoms with van der Waals surface area (Å²) in [5, 5.41) is 0. The number of rotatable bonds is 3. The minimum absolute atomic E-state index is 0.675. The van der Waals surface area contributed by atoms with Crippen LogP contribution in [0.4, 0.5) is 11.4 Å². The van der Waals surface area contributed by atoms with Crippen LogP contribution in [0, 0.1) is 27.7 Å². The third-order valence-corrected chi connectivity index (χ3v) is 4.71. The number of anilines is 2. The van der Waals surface area contributed by atoms with Crippen LogP contribution in [0.3, 0.4) is 0 Å². The van der Waals surface area contributed by atoms with Crippen molar-refractivity contribution in [1.29, 1.82) is 0 Å². The minimum Gasteiger partial charge on any atom is -0.238 e. The van der Waals surface area contributed by atoms with Crippen LogP contribution in [0.1, 0.15) is 22.3 Å². The maximum atomic E-state index is 12.3. The van der Waals surface area contributed by atoms with Crippen LogP contribution in [0.5, 0.6) is 0 Å². The molecule has 0 saturated carbocycles. The standard InChI is InChI=1S/C17H21NO2S/c1-12-6-7-14(3)17(10-12)18(21(5,19)20)16-9-8-13(2)15(4)11-16/h6-11H,1-5H3. The highest BCUT2D eigenvalue weighted by molar-refractivity contribution is 7.92. The third kappa shape index (κ3) is 3.27. The summed E-state index contributed by atoms with van der Waals surface area (Å²) in [5.74, 6) is 0. The maximum Gasteiger partial charge on any atom is 0.236 e. The van der Waals surface area contributed by atoms with Gasteiger partial charge in [0.25, 0.3) is 0 Å². The summed E-state index contributed by atoms with van der Waals surface area (Å²) in [5.41, 5.74) is 5.58. The lowest BCUT2D eigenvalue weighted by Gasteiger charge is -2.25. The second-order valence-electron chi connectivity index (χ2n) is 5.59. The van der Waals surface area contributed by atoms with Gasteiger partial charge in [-0.3, -0.25) is 0 Å². The van der Waals surface area contributed by atoms with Gasteiger partial charge < -0.3 is 0 Å².